The number of morpholine rings is 1. The molecule has 2 heterocycles. The summed E-state index contributed by atoms with van der Waals surface area (Å²) in [7, 11) is 0. The number of ether oxygens (including phenoxy) is 1. The van der Waals surface area contributed by atoms with Gasteiger partial charge in [-0.1, -0.05) is 6.92 Å². The average Bonchev–Trinajstić information content (AvgIpc) is 2.73. The molecule has 1 atom stereocenters. The minimum absolute atomic E-state index is 0.207. The number of aromatic nitrogens is 2. The molecule has 0 bridgehead atoms. The Labute approximate surface area is 121 Å². The van der Waals surface area contributed by atoms with Crippen molar-refractivity contribution in [2.45, 2.75) is 39.8 Å². The van der Waals surface area contributed by atoms with Gasteiger partial charge in [-0.2, -0.15) is 5.10 Å². The van der Waals surface area contributed by atoms with Gasteiger partial charge in [0.2, 0.25) is 0 Å². The van der Waals surface area contributed by atoms with Gasteiger partial charge in [0.1, 0.15) is 5.82 Å². The van der Waals surface area contributed by atoms with Crippen LogP contribution in [0.1, 0.15) is 32.5 Å². The van der Waals surface area contributed by atoms with E-state index >= 15 is 0 Å². The Kier molecular flexibility index (Phi) is 4.88. The quantitative estimate of drug-likeness (QED) is 0.856. The fraction of sp³-hybridized carbons (Fsp3) is 0.786. The molecular weight excluding hydrogens is 254 g/mol. The lowest BCUT2D eigenvalue weighted by atomic mass is 10.2. The highest BCUT2D eigenvalue weighted by Gasteiger charge is 2.21. The fourth-order valence-electron chi connectivity index (χ4n) is 2.51. The zero-order valence-corrected chi connectivity index (χ0v) is 13.0. The van der Waals surface area contributed by atoms with Gasteiger partial charge in [-0.15, -0.1) is 0 Å². The lowest BCUT2D eigenvalue weighted by molar-refractivity contribution is -0.0192. The predicted octanol–water partition coefficient (Wildman–Crippen LogP) is 1.49. The second kappa shape index (κ2) is 6.45. The molecule has 0 amide bonds. The Morgan fingerprint density at radius 1 is 1.50 bits per heavy atom. The number of nitrogens with two attached hydrogens (primary N) is 1. The second-order valence-corrected chi connectivity index (χ2v) is 5.65. The molecule has 0 aromatic carbocycles. The molecule has 1 aliphatic heterocycles. The van der Waals surface area contributed by atoms with Gasteiger partial charge in [0.15, 0.2) is 0 Å². The molecule has 1 fully saturated rings. The summed E-state index contributed by atoms with van der Waals surface area (Å²) in [4.78, 5) is 2.41. The van der Waals surface area contributed by atoms with Crippen LogP contribution in [0.5, 0.6) is 0 Å². The van der Waals surface area contributed by atoms with E-state index in [0.29, 0.717) is 0 Å². The van der Waals surface area contributed by atoms with Gasteiger partial charge < -0.3 is 15.8 Å². The topological polar surface area (TPSA) is 68.3 Å². The number of nitrogens with one attached hydrogen (secondary N) is 1. The Bertz CT molecular complexity index is 443. The number of likely N-dealkylation sites (N-methyl/N-ethyl adjacent to an activating group) is 1. The molecule has 1 aromatic rings. The van der Waals surface area contributed by atoms with E-state index in [1.165, 1.54) is 0 Å². The maximum atomic E-state index is 6.11. The lowest BCUT2D eigenvalue weighted by Crippen LogP contribution is -2.45. The molecule has 0 spiro atoms. The first-order chi connectivity index (χ1) is 9.52. The highest BCUT2D eigenvalue weighted by Crippen LogP contribution is 2.25. The fourth-order valence-corrected chi connectivity index (χ4v) is 2.51. The van der Waals surface area contributed by atoms with E-state index < -0.39 is 0 Å². The molecule has 6 heteroatoms. The van der Waals surface area contributed by atoms with Gasteiger partial charge >= 0.3 is 0 Å². The van der Waals surface area contributed by atoms with Crippen molar-refractivity contribution >= 4 is 11.5 Å². The summed E-state index contributed by atoms with van der Waals surface area (Å²) in [6, 6.07) is 0.285. The highest BCUT2D eigenvalue weighted by atomic mass is 16.5. The number of hydrogen-bond acceptors (Lipinski definition) is 5. The van der Waals surface area contributed by atoms with Crippen LogP contribution in [0.2, 0.25) is 0 Å². The third kappa shape index (κ3) is 3.24. The molecule has 1 aliphatic rings. The smallest absolute Gasteiger partial charge is 0.148 e. The van der Waals surface area contributed by atoms with E-state index in [-0.39, 0.29) is 12.1 Å². The summed E-state index contributed by atoms with van der Waals surface area (Å²) in [5.74, 6) is 0.912. The van der Waals surface area contributed by atoms with E-state index in [0.717, 1.165) is 50.0 Å². The second-order valence-electron chi connectivity index (χ2n) is 5.65. The van der Waals surface area contributed by atoms with E-state index in [4.69, 9.17) is 10.5 Å². The first-order valence-corrected chi connectivity index (χ1v) is 7.45. The van der Waals surface area contributed by atoms with Gasteiger partial charge in [0.05, 0.1) is 24.1 Å². The molecule has 2 rings (SSSR count). The van der Waals surface area contributed by atoms with Gasteiger partial charge in [0, 0.05) is 25.7 Å². The number of rotatable bonds is 5. The Hall–Kier alpha value is -1.27. The molecule has 0 aliphatic carbocycles. The van der Waals surface area contributed by atoms with Gasteiger partial charge in [-0.05, 0) is 27.3 Å². The van der Waals surface area contributed by atoms with E-state index in [1.54, 1.807) is 0 Å². The Balaban J connectivity index is 2.00. The van der Waals surface area contributed by atoms with E-state index in [9.17, 15) is 0 Å². The zero-order chi connectivity index (χ0) is 14.7. The average molecular weight is 281 g/mol. The first kappa shape index (κ1) is 15.1. The van der Waals surface area contributed by atoms with Gasteiger partial charge in [0.25, 0.3) is 0 Å². The number of aryl methyl sites for hydroxylation is 1. The van der Waals surface area contributed by atoms with Crippen molar-refractivity contribution in [1.82, 2.24) is 14.7 Å². The van der Waals surface area contributed by atoms with Crippen LogP contribution in [0, 0.1) is 6.92 Å². The van der Waals surface area contributed by atoms with Crippen molar-refractivity contribution in [3.05, 3.63) is 5.69 Å². The molecule has 3 N–H and O–H groups in total. The molecule has 1 unspecified atom stereocenters. The molecule has 0 radical (unpaired) electrons. The van der Waals surface area contributed by atoms with Crippen molar-refractivity contribution in [3.63, 3.8) is 0 Å². The monoisotopic (exact) mass is 281 g/mol. The maximum Gasteiger partial charge on any atom is 0.148 e. The minimum atomic E-state index is 0.207. The summed E-state index contributed by atoms with van der Waals surface area (Å²) in [6.07, 6.45) is 0.207. The van der Waals surface area contributed by atoms with Crippen LogP contribution in [0.3, 0.4) is 0 Å². The normalized spacial score (nSPS) is 20.6. The van der Waals surface area contributed by atoms with Crippen molar-refractivity contribution in [3.8, 4) is 0 Å². The highest BCUT2D eigenvalue weighted by molar-refractivity contribution is 5.64. The molecule has 1 saturated heterocycles. The van der Waals surface area contributed by atoms with Crippen LogP contribution >= 0.6 is 0 Å². The van der Waals surface area contributed by atoms with E-state index in [1.807, 2.05) is 11.6 Å². The van der Waals surface area contributed by atoms with Crippen molar-refractivity contribution in [2.24, 2.45) is 0 Å². The summed E-state index contributed by atoms with van der Waals surface area (Å²) in [6.45, 7) is 13.0. The van der Waals surface area contributed by atoms with Crippen LogP contribution in [0.15, 0.2) is 0 Å². The predicted molar refractivity (Wildman–Crippen MR) is 82.1 cm³/mol. The van der Waals surface area contributed by atoms with Crippen LogP contribution in [0.4, 0.5) is 11.5 Å². The summed E-state index contributed by atoms with van der Waals surface area (Å²) < 4.78 is 7.75. The number of anilines is 2. The lowest BCUT2D eigenvalue weighted by Gasteiger charge is -2.32. The van der Waals surface area contributed by atoms with Crippen LogP contribution < -0.4 is 11.1 Å². The maximum absolute atomic E-state index is 6.11. The van der Waals surface area contributed by atoms with Gasteiger partial charge in [-0.25, -0.2) is 4.68 Å². The summed E-state index contributed by atoms with van der Waals surface area (Å²) >= 11 is 0. The van der Waals surface area contributed by atoms with Gasteiger partial charge in [-0.3, -0.25) is 4.90 Å². The molecule has 0 saturated carbocycles. The first-order valence-electron chi connectivity index (χ1n) is 7.45. The third-order valence-corrected chi connectivity index (χ3v) is 3.79. The number of hydrogen-bond donors (Lipinski definition) is 2. The van der Waals surface area contributed by atoms with Crippen molar-refractivity contribution < 1.29 is 4.74 Å². The molecule has 20 heavy (non-hydrogen) atoms. The largest absolute Gasteiger partial charge is 0.394 e. The summed E-state index contributed by atoms with van der Waals surface area (Å²) in [5, 5.41) is 7.90. The standard InChI is InChI=1S/C14H27N5O/c1-5-18-6-7-20-12(9-18)8-16-14-13(15)11(4)17-19(14)10(2)3/h10,12,16H,5-9,15H2,1-4H3. The molecule has 6 nitrogen and oxygen atoms in total. The Morgan fingerprint density at radius 3 is 2.90 bits per heavy atom. The van der Waals surface area contributed by atoms with E-state index in [2.05, 4.69) is 36.1 Å². The van der Waals surface area contributed by atoms with Crippen LogP contribution in [-0.2, 0) is 4.74 Å². The van der Waals surface area contributed by atoms with Crippen molar-refractivity contribution in [2.75, 3.05) is 43.8 Å². The van der Waals surface area contributed by atoms with Crippen LogP contribution in [0.25, 0.3) is 0 Å². The SMILES string of the molecule is CCN1CCOC(CNc2c(N)c(C)nn2C(C)C)C1. The third-order valence-electron chi connectivity index (χ3n) is 3.79. The number of nitrogens with zero attached hydrogens (tertiary/aromatic N) is 3. The minimum Gasteiger partial charge on any atom is -0.394 e. The Morgan fingerprint density at radius 2 is 2.25 bits per heavy atom. The van der Waals surface area contributed by atoms with Crippen molar-refractivity contribution in [1.29, 1.82) is 0 Å². The molecular formula is C14H27N5O. The van der Waals surface area contributed by atoms with Crippen LogP contribution in [-0.4, -0.2) is 53.6 Å². The number of nitrogen functional groups attached to an aromatic ring is 1. The summed E-state index contributed by atoms with van der Waals surface area (Å²) in [5.41, 5.74) is 7.73. The molecule has 114 valence electrons. The molecule has 1 aromatic heterocycles. The zero-order valence-electron chi connectivity index (χ0n) is 13.0.